The Morgan fingerprint density at radius 1 is 1.12 bits per heavy atom. The maximum atomic E-state index is 3.49. The normalized spacial score (nSPS) is 15.4. The third-order valence-electron chi connectivity index (χ3n) is 3.04. The van der Waals surface area contributed by atoms with Crippen LogP contribution in [0.5, 0.6) is 0 Å². The van der Waals surface area contributed by atoms with Crippen LogP contribution < -0.4 is 10.6 Å². The fraction of sp³-hybridized carbons (Fsp3) is 0.571. The second-order valence-electron chi connectivity index (χ2n) is 4.93. The molecule has 2 N–H and O–H groups in total. The van der Waals surface area contributed by atoms with E-state index in [4.69, 9.17) is 0 Å². The van der Waals surface area contributed by atoms with Crippen LogP contribution in [0.4, 0.5) is 5.69 Å². The molecule has 2 heteroatoms. The Labute approximate surface area is 98.4 Å². The lowest BCUT2D eigenvalue weighted by Gasteiger charge is -2.09. The van der Waals surface area contributed by atoms with Gasteiger partial charge in [-0.25, -0.2) is 0 Å². The van der Waals surface area contributed by atoms with Gasteiger partial charge in [-0.2, -0.15) is 0 Å². The van der Waals surface area contributed by atoms with Gasteiger partial charge in [0, 0.05) is 24.8 Å². The van der Waals surface area contributed by atoms with E-state index in [0.717, 1.165) is 19.1 Å². The Morgan fingerprint density at radius 3 is 2.38 bits per heavy atom. The zero-order valence-corrected chi connectivity index (χ0v) is 10.3. The molecule has 0 aliphatic heterocycles. The molecule has 1 aromatic rings. The molecule has 0 heterocycles. The number of hydrogen-bond acceptors (Lipinski definition) is 2. The molecule has 16 heavy (non-hydrogen) atoms. The molecule has 0 aromatic heterocycles. The van der Waals surface area contributed by atoms with E-state index >= 15 is 0 Å². The smallest absolute Gasteiger partial charge is 0.0340 e. The lowest BCUT2D eigenvalue weighted by atomic mass is 10.0. The van der Waals surface area contributed by atoms with Crippen LogP contribution in [0.3, 0.4) is 0 Å². The highest BCUT2D eigenvalue weighted by Gasteiger charge is 2.19. The van der Waals surface area contributed by atoms with Crippen molar-refractivity contribution >= 4 is 5.69 Å². The molecule has 2 nitrogen and oxygen atoms in total. The second-order valence-corrected chi connectivity index (χ2v) is 4.93. The molecule has 0 amide bonds. The van der Waals surface area contributed by atoms with Gasteiger partial charge in [-0.15, -0.1) is 0 Å². The molecule has 1 aliphatic rings. The molecule has 0 saturated heterocycles. The number of rotatable bonds is 6. The fourth-order valence-corrected chi connectivity index (χ4v) is 1.76. The van der Waals surface area contributed by atoms with Gasteiger partial charge in [-0.3, -0.25) is 0 Å². The van der Waals surface area contributed by atoms with Gasteiger partial charge in [-0.05, 0) is 36.5 Å². The van der Waals surface area contributed by atoms with Crippen molar-refractivity contribution in [2.45, 2.75) is 38.6 Å². The third kappa shape index (κ3) is 3.53. The van der Waals surface area contributed by atoms with E-state index in [1.807, 2.05) is 0 Å². The first-order valence-electron chi connectivity index (χ1n) is 6.33. The highest BCUT2D eigenvalue weighted by atomic mass is 15.0. The van der Waals surface area contributed by atoms with Crippen molar-refractivity contribution in [1.82, 2.24) is 5.32 Å². The molecule has 0 unspecified atom stereocenters. The minimum atomic E-state index is 0.616. The van der Waals surface area contributed by atoms with Crippen LogP contribution in [0.2, 0.25) is 0 Å². The third-order valence-corrected chi connectivity index (χ3v) is 3.04. The van der Waals surface area contributed by atoms with Gasteiger partial charge >= 0.3 is 0 Å². The molecule has 0 spiro atoms. The maximum absolute atomic E-state index is 3.49. The highest BCUT2D eigenvalue weighted by Crippen LogP contribution is 2.18. The van der Waals surface area contributed by atoms with E-state index in [2.05, 4.69) is 48.7 Å². The quantitative estimate of drug-likeness (QED) is 0.717. The molecule has 1 aromatic carbocycles. The van der Waals surface area contributed by atoms with Crippen molar-refractivity contribution in [3.8, 4) is 0 Å². The maximum Gasteiger partial charge on any atom is 0.0340 e. The van der Waals surface area contributed by atoms with Crippen LogP contribution in [-0.4, -0.2) is 19.1 Å². The predicted molar refractivity (Wildman–Crippen MR) is 70.0 cm³/mol. The van der Waals surface area contributed by atoms with Crippen molar-refractivity contribution in [2.75, 3.05) is 18.4 Å². The Balaban J connectivity index is 1.71. The lowest BCUT2D eigenvalue weighted by molar-refractivity contribution is 0.701. The summed E-state index contributed by atoms with van der Waals surface area (Å²) >= 11 is 0. The first-order chi connectivity index (χ1) is 7.75. The standard InChI is InChI=1S/C14H22N2/c1-11(2)12-3-5-13(6-4-12)15-9-10-16-14-7-8-14/h3-6,11,14-16H,7-10H2,1-2H3. The highest BCUT2D eigenvalue weighted by molar-refractivity contribution is 5.45. The minimum absolute atomic E-state index is 0.616. The molecular weight excluding hydrogens is 196 g/mol. The topological polar surface area (TPSA) is 24.1 Å². The first-order valence-corrected chi connectivity index (χ1v) is 6.33. The molecule has 1 saturated carbocycles. The van der Waals surface area contributed by atoms with Gasteiger partial charge in [0.2, 0.25) is 0 Å². The first kappa shape index (κ1) is 11.5. The van der Waals surface area contributed by atoms with E-state index in [0.29, 0.717) is 5.92 Å². The largest absolute Gasteiger partial charge is 0.384 e. The molecule has 88 valence electrons. The number of nitrogens with one attached hydrogen (secondary N) is 2. The molecule has 1 aliphatic carbocycles. The van der Waals surface area contributed by atoms with Crippen molar-refractivity contribution < 1.29 is 0 Å². The predicted octanol–water partition coefficient (Wildman–Crippen LogP) is 2.97. The van der Waals surface area contributed by atoms with Crippen molar-refractivity contribution in [3.05, 3.63) is 29.8 Å². The van der Waals surface area contributed by atoms with Gasteiger partial charge in [0.15, 0.2) is 0 Å². The zero-order valence-electron chi connectivity index (χ0n) is 10.3. The second kappa shape index (κ2) is 5.35. The summed E-state index contributed by atoms with van der Waals surface area (Å²) in [5.41, 5.74) is 2.63. The van der Waals surface area contributed by atoms with Crippen molar-refractivity contribution in [1.29, 1.82) is 0 Å². The Hall–Kier alpha value is -1.02. The van der Waals surface area contributed by atoms with Crippen LogP contribution in [0.15, 0.2) is 24.3 Å². The number of hydrogen-bond donors (Lipinski definition) is 2. The van der Waals surface area contributed by atoms with Gasteiger partial charge in [0.25, 0.3) is 0 Å². The van der Waals surface area contributed by atoms with Gasteiger partial charge in [0.05, 0.1) is 0 Å². The van der Waals surface area contributed by atoms with Crippen LogP contribution >= 0.6 is 0 Å². The van der Waals surface area contributed by atoms with Crippen LogP contribution in [-0.2, 0) is 0 Å². The Morgan fingerprint density at radius 2 is 1.81 bits per heavy atom. The summed E-state index contributed by atoms with van der Waals surface area (Å²) in [6.45, 7) is 6.53. The molecule has 2 rings (SSSR count). The Bertz CT molecular complexity index is 312. The Kier molecular flexibility index (Phi) is 3.83. The average molecular weight is 218 g/mol. The van der Waals surface area contributed by atoms with Crippen LogP contribution in [0.1, 0.15) is 38.2 Å². The van der Waals surface area contributed by atoms with Crippen molar-refractivity contribution in [2.24, 2.45) is 0 Å². The molecule has 0 radical (unpaired) electrons. The molecular formula is C14H22N2. The summed E-state index contributed by atoms with van der Waals surface area (Å²) in [6.07, 6.45) is 2.73. The van der Waals surface area contributed by atoms with Crippen LogP contribution in [0, 0.1) is 0 Å². The van der Waals surface area contributed by atoms with Gasteiger partial charge in [0.1, 0.15) is 0 Å². The van der Waals surface area contributed by atoms with Crippen LogP contribution in [0.25, 0.3) is 0 Å². The van der Waals surface area contributed by atoms with Gasteiger partial charge < -0.3 is 10.6 Å². The summed E-state index contributed by atoms with van der Waals surface area (Å²) in [5, 5.41) is 6.93. The summed E-state index contributed by atoms with van der Waals surface area (Å²) in [6, 6.07) is 9.58. The molecule has 0 bridgehead atoms. The number of anilines is 1. The van der Waals surface area contributed by atoms with E-state index in [1.54, 1.807) is 0 Å². The fourth-order valence-electron chi connectivity index (χ4n) is 1.76. The summed E-state index contributed by atoms with van der Waals surface area (Å²) in [7, 11) is 0. The van der Waals surface area contributed by atoms with Gasteiger partial charge in [-0.1, -0.05) is 26.0 Å². The van der Waals surface area contributed by atoms with E-state index < -0.39 is 0 Å². The molecule has 1 fully saturated rings. The van der Waals surface area contributed by atoms with E-state index in [1.165, 1.54) is 24.1 Å². The average Bonchev–Trinajstić information content (AvgIpc) is 3.09. The van der Waals surface area contributed by atoms with E-state index in [9.17, 15) is 0 Å². The number of benzene rings is 1. The SMILES string of the molecule is CC(C)c1ccc(NCCNC2CC2)cc1. The lowest BCUT2D eigenvalue weighted by Crippen LogP contribution is -2.23. The minimum Gasteiger partial charge on any atom is -0.384 e. The van der Waals surface area contributed by atoms with Crippen molar-refractivity contribution in [3.63, 3.8) is 0 Å². The summed E-state index contributed by atoms with van der Waals surface area (Å²) in [5.74, 6) is 0.616. The summed E-state index contributed by atoms with van der Waals surface area (Å²) < 4.78 is 0. The monoisotopic (exact) mass is 218 g/mol. The van der Waals surface area contributed by atoms with E-state index in [-0.39, 0.29) is 0 Å². The molecule has 0 atom stereocenters. The summed E-state index contributed by atoms with van der Waals surface area (Å²) in [4.78, 5) is 0. The zero-order chi connectivity index (χ0) is 11.4.